The zero-order valence-corrected chi connectivity index (χ0v) is 12.4. The van der Waals surface area contributed by atoms with Crippen LogP contribution in [-0.2, 0) is 11.3 Å². The maximum atomic E-state index is 11.0. The van der Waals surface area contributed by atoms with Gasteiger partial charge in [-0.25, -0.2) is 4.68 Å². The second-order valence-corrected chi connectivity index (χ2v) is 5.74. The van der Waals surface area contributed by atoms with E-state index < -0.39 is 11.4 Å². The molecule has 112 valence electrons. The van der Waals surface area contributed by atoms with Gasteiger partial charge in [0.15, 0.2) is 0 Å². The first-order valence-electron chi connectivity index (χ1n) is 7.02. The average Bonchev–Trinajstić information content (AvgIpc) is 2.93. The van der Waals surface area contributed by atoms with Crippen LogP contribution in [0, 0.1) is 5.41 Å². The molecule has 0 aliphatic rings. The first-order valence-corrected chi connectivity index (χ1v) is 7.02. The number of nitrogens with one attached hydrogen (secondary N) is 1. The Hall–Kier alpha value is -2.14. The highest BCUT2D eigenvalue weighted by Crippen LogP contribution is 2.19. The van der Waals surface area contributed by atoms with Crippen molar-refractivity contribution in [1.82, 2.24) is 15.1 Å². The van der Waals surface area contributed by atoms with E-state index in [2.05, 4.69) is 10.4 Å². The molecule has 0 bridgehead atoms. The average molecular weight is 287 g/mol. The Morgan fingerprint density at radius 2 is 2.05 bits per heavy atom. The third-order valence-corrected chi connectivity index (χ3v) is 3.49. The summed E-state index contributed by atoms with van der Waals surface area (Å²) in [6.45, 7) is 4.83. The number of hydrogen-bond acceptors (Lipinski definition) is 3. The van der Waals surface area contributed by atoms with Crippen LogP contribution in [0.5, 0.6) is 0 Å². The first-order chi connectivity index (χ1) is 9.99. The standard InChI is InChI=1S/C16H21N3O2/c1-16(2,15(20)21)8-9-17-10-13-11-18-19(12-13)14-6-4-3-5-7-14/h3-7,11-12,17H,8-10H2,1-2H3,(H,20,21). The topological polar surface area (TPSA) is 67.2 Å². The maximum absolute atomic E-state index is 11.0. The number of aliphatic carboxylic acids is 1. The lowest BCUT2D eigenvalue weighted by Gasteiger charge is -2.18. The first kappa shape index (κ1) is 15.3. The molecular weight excluding hydrogens is 266 g/mol. The summed E-state index contributed by atoms with van der Waals surface area (Å²) < 4.78 is 1.83. The molecule has 1 aromatic heterocycles. The molecule has 1 aromatic carbocycles. The quantitative estimate of drug-likeness (QED) is 0.768. The molecule has 2 aromatic rings. The van der Waals surface area contributed by atoms with Crippen molar-refractivity contribution in [3.63, 3.8) is 0 Å². The minimum atomic E-state index is -0.763. The third kappa shape index (κ3) is 4.16. The van der Waals surface area contributed by atoms with Crippen molar-refractivity contribution in [2.45, 2.75) is 26.8 Å². The Morgan fingerprint density at radius 3 is 2.71 bits per heavy atom. The largest absolute Gasteiger partial charge is 0.481 e. The molecule has 0 unspecified atom stereocenters. The van der Waals surface area contributed by atoms with Gasteiger partial charge < -0.3 is 10.4 Å². The van der Waals surface area contributed by atoms with Gasteiger partial charge in [-0.05, 0) is 38.9 Å². The number of benzene rings is 1. The Balaban J connectivity index is 1.83. The van der Waals surface area contributed by atoms with Crippen molar-refractivity contribution in [1.29, 1.82) is 0 Å². The minimum Gasteiger partial charge on any atom is -0.481 e. The molecule has 5 heteroatoms. The molecule has 2 N–H and O–H groups in total. The van der Waals surface area contributed by atoms with Crippen molar-refractivity contribution in [2.24, 2.45) is 5.41 Å². The summed E-state index contributed by atoms with van der Waals surface area (Å²) in [6.07, 6.45) is 4.39. The lowest BCUT2D eigenvalue weighted by Crippen LogP contribution is -2.28. The fraction of sp³-hybridized carbons (Fsp3) is 0.375. The number of carboxylic acid groups (broad SMARTS) is 1. The summed E-state index contributed by atoms with van der Waals surface area (Å²) >= 11 is 0. The van der Waals surface area contributed by atoms with Crippen molar-refractivity contribution < 1.29 is 9.90 Å². The van der Waals surface area contributed by atoms with Gasteiger partial charge in [0.25, 0.3) is 0 Å². The summed E-state index contributed by atoms with van der Waals surface area (Å²) in [7, 11) is 0. The van der Waals surface area contributed by atoms with Crippen LogP contribution in [0.3, 0.4) is 0 Å². The van der Waals surface area contributed by atoms with Gasteiger partial charge in [0.05, 0.1) is 17.3 Å². The van der Waals surface area contributed by atoms with E-state index in [0.29, 0.717) is 19.5 Å². The monoisotopic (exact) mass is 287 g/mol. The number of aromatic nitrogens is 2. The minimum absolute atomic E-state index is 0.592. The van der Waals surface area contributed by atoms with E-state index in [0.717, 1.165) is 11.3 Å². The molecule has 0 saturated carbocycles. The number of carbonyl (C=O) groups is 1. The third-order valence-electron chi connectivity index (χ3n) is 3.49. The summed E-state index contributed by atoms with van der Waals surface area (Å²) in [6, 6.07) is 9.92. The molecule has 21 heavy (non-hydrogen) atoms. The van der Waals surface area contributed by atoms with Crippen LogP contribution in [0.15, 0.2) is 42.7 Å². The van der Waals surface area contributed by atoms with E-state index in [1.54, 1.807) is 13.8 Å². The van der Waals surface area contributed by atoms with Crippen molar-refractivity contribution in [3.8, 4) is 5.69 Å². The summed E-state index contributed by atoms with van der Waals surface area (Å²) in [5.74, 6) is -0.763. The highest BCUT2D eigenvalue weighted by Gasteiger charge is 2.26. The second-order valence-electron chi connectivity index (χ2n) is 5.74. The number of hydrogen-bond donors (Lipinski definition) is 2. The van der Waals surface area contributed by atoms with Crippen LogP contribution in [0.2, 0.25) is 0 Å². The van der Waals surface area contributed by atoms with Crippen LogP contribution >= 0.6 is 0 Å². The maximum Gasteiger partial charge on any atom is 0.309 e. The SMILES string of the molecule is CC(C)(CCNCc1cnn(-c2ccccc2)c1)C(=O)O. The van der Waals surface area contributed by atoms with E-state index in [1.165, 1.54) is 0 Å². The Labute approximate surface area is 124 Å². The van der Waals surface area contributed by atoms with E-state index >= 15 is 0 Å². The van der Waals surface area contributed by atoms with E-state index in [9.17, 15) is 4.79 Å². The lowest BCUT2D eigenvalue weighted by atomic mass is 9.90. The molecule has 0 amide bonds. The second kappa shape index (κ2) is 6.54. The van der Waals surface area contributed by atoms with Crippen molar-refractivity contribution >= 4 is 5.97 Å². The van der Waals surface area contributed by atoms with E-state index in [1.807, 2.05) is 47.4 Å². The zero-order chi connectivity index (χ0) is 15.3. The van der Waals surface area contributed by atoms with Crippen molar-refractivity contribution in [2.75, 3.05) is 6.54 Å². The number of nitrogens with zero attached hydrogens (tertiary/aromatic N) is 2. The van der Waals surface area contributed by atoms with Gasteiger partial charge in [-0.15, -0.1) is 0 Å². The normalized spacial score (nSPS) is 11.5. The molecule has 0 radical (unpaired) electrons. The molecular formula is C16H21N3O2. The number of para-hydroxylation sites is 1. The van der Waals surface area contributed by atoms with Crippen LogP contribution < -0.4 is 5.32 Å². The molecule has 0 atom stereocenters. The van der Waals surface area contributed by atoms with Crippen LogP contribution in [0.25, 0.3) is 5.69 Å². The van der Waals surface area contributed by atoms with Gasteiger partial charge in [-0.3, -0.25) is 4.79 Å². The molecule has 2 rings (SSSR count). The van der Waals surface area contributed by atoms with Gasteiger partial charge in [0.1, 0.15) is 0 Å². The fourth-order valence-corrected chi connectivity index (χ4v) is 1.91. The highest BCUT2D eigenvalue weighted by molar-refractivity contribution is 5.73. The molecule has 0 aliphatic heterocycles. The molecule has 0 spiro atoms. The van der Waals surface area contributed by atoms with Gasteiger partial charge >= 0.3 is 5.97 Å². The molecule has 0 fully saturated rings. The van der Waals surface area contributed by atoms with Gasteiger partial charge in [0, 0.05) is 18.3 Å². The number of rotatable bonds is 7. The summed E-state index contributed by atoms with van der Waals surface area (Å²) in [5.41, 5.74) is 1.41. The van der Waals surface area contributed by atoms with Crippen molar-refractivity contribution in [3.05, 3.63) is 48.3 Å². The fourth-order valence-electron chi connectivity index (χ4n) is 1.91. The lowest BCUT2D eigenvalue weighted by molar-refractivity contribution is -0.147. The van der Waals surface area contributed by atoms with Crippen LogP contribution in [0.4, 0.5) is 0 Å². The molecule has 5 nitrogen and oxygen atoms in total. The molecule has 0 saturated heterocycles. The Kier molecular flexibility index (Phi) is 4.75. The van der Waals surface area contributed by atoms with Crippen LogP contribution in [-0.4, -0.2) is 27.4 Å². The molecule has 0 aliphatic carbocycles. The van der Waals surface area contributed by atoms with E-state index in [-0.39, 0.29) is 0 Å². The smallest absolute Gasteiger partial charge is 0.309 e. The number of carboxylic acids is 1. The van der Waals surface area contributed by atoms with E-state index in [4.69, 9.17) is 5.11 Å². The summed E-state index contributed by atoms with van der Waals surface area (Å²) in [4.78, 5) is 11.0. The van der Waals surface area contributed by atoms with Gasteiger partial charge in [0.2, 0.25) is 0 Å². The Bertz CT molecular complexity index is 591. The van der Waals surface area contributed by atoms with Crippen LogP contribution in [0.1, 0.15) is 25.8 Å². The predicted octanol–water partition coefficient (Wildman–Crippen LogP) is 2.46. The molecule has 1 heterocycles. The highest BCUT2D eigenvalue weighted by atomic mass is 16.4. The zero-order valence-electron chi connectivity index (χ0n) is 12.4. The van der Waals surface area contributed by atoms with Gasteiger partial charge in [-0.1, -0.05) is 18.2 Å². The predicted molar refractivity (Wildman–Crippen MR) is 81.3 cm³/mol. The summed E-state index contributed by atoms with van der Waals surface area (Å²) in [5, 5.41) is 16.6. The van der Waals surface area contributed by atoms with Gasteiger partial charge in [-0.2, -0.15) is 5.10 Å². The Morgan fingerprint density at radius 1 is 1.33 bits per heavy atom.